The van der Waals surface area contributed by atoms with Crippen LogP contribution in [0.25, 0.3) is 0 Å². The van der Waals surface area contributed by atoms with Crippen molar-refractivity contribution in [1.29, 1.82) is 0 Å². The molecule has 0 aromatic rings. The topological polar surface area (TPSA) is 15.3 Å². The Balaban J connectivity index is 1.82. The molecule has 0 amide bonds. The Morgan fingerprint density at radius 3 is 2.46 bits per heavy atom. The minimum atomic E-state index is 0.852. The van der Waals surface area contributed by atoms with E-state index in [-0.39, 0.29) is 0 Å². The Hall–Kier alpha value is -0.0800. The molecule has 2 heterocycles. The summed E-state index contributed by atoms with van der Waals surface area (Å²) in [4.78, 5) is 2.56. The maximum absolute atomic E-state index is 3.70. The molecule has 2 aliphatic rings. The Labute approximate surface area is 81.7 Å². The molecule has 1 N–H and O–H groups in total. The van der Waals surface area contributed by atoms with E-state index in [4.69, 9.17) is 0 Å². The Bertz CT molecular complexity index is 165. The molecule has 2 nitrogen and oxygen atoms in total. The minimum absolute atomic E-state index is 0.852. The Morgan fingerprint density at radius 2 is 2.00 bits per heavy atom. The van der Waals surface area contributed by atoms with Crippen molar-refractivity contribution in [1.82, 2.24) is 10.2 Å². The fraction of sp³-hybridized carbons (Fsp3) is 1.00. The van der Waals surface area contributed by atoms with E-state index >= 15 is 0 Å². The van der Waals surface area contributed by atoms with Crippen LogP contribution in [0.3, 0.4) is 0 Å². The highest BCUT2D eigenvalue weighted by Gasteiger charge is 2.39. The van der Waals surface area contributed by atoms with Crippen molar-refractivity contribution in [2.75, 3.05) is 19.6 Å². The molecule has 0 aromatic heterocycles. The zero-order valence-electron chi connectivity index (χ0n) is 8.92. The first-order valence-electron chi connectivity index (χ1n) is 5.81. The molecule has 3 unspecified atom stereocenters. The molecule has 0 aromatic carbocycles. The first-order valence-corrected chi connectivity index (χ1v) is 5.81. The minimum Gasteiger partial charge on any atom is -0.311 e. The van der Waals surface area contributed by atoms with Gasteiger partial charge in [-0.15, -0.1) is 0 Å². The average Bonchev–Trinajstić information content (AvgIpc) is 2.75. The summed E-state index contributed by atoms with van der Waals surface area (Å²) in [5.41, 5.74) is 0. The summed E-state index contributed by atoms with van der Waals surface area (Å²) in [6.45, 7) is 8.28. The molecule has 13 heavy (non-hydrogen) atoms. The lowest BCUT2D eigenvalue weighted by atomic mass is 9.89. The van der Waals surface area contributed by atoms with Crippen LogP contribution in [0.15, 0.2) is 0 Å². The molecule has 3 atom stereocenters. The number of hydrogen-bond donors (Lipinski definition) is 1. The van der Waals surface area contributed by atoms with E-state index < -0.39 is 0 Å². The second-order valence-corrected chi connectivity index (χ2v) is 4.53. The first-order chi connectivity index (χ1) is 6.33. The van der Waals surface area contributed by atoms with E-state index in [1.54, 1.807) is 0 Å². The first kappa shape index (κ1) is 9.47. The van der Waals surface area contributed by atoms with Crippen LogP contribution in [-0.4, -0.2) is 36.6 Å². The normalized spacial score (nSPS) is 37.6. The number of nitrogens with one attached hydrogen (secondary N) is 1. The van der Waals surface area contributed by atoms with E-state index in [1.165, 1.54) is 38.9 Å². The fourth-order valence-corrected chi connectivity index (χ4v) is 2.95. The van der Waals surface area contributed by atoms with Crippen molar-refractivity contribution < 1.29 is 0 Å². The van der Waals surface area contributed by atoms with Gasteiger partial charge in [-0.25, -0.2) is 0 Å². The molecular formula is C11H22N2. The van der Waals surface area contributed by atoms with E-state index in [0.29, 0.717) is 0 Å². The van der Waals surface area contributed by atoms with E-state index in [9.17, 15) is 0 Å². The molecular weight excluding hydrogens is 160 g/mol. The second kappa shape index (κ2) is 3.97. The highest BCUT2D eigenvalue weighted by Crippen LogP contribution is 2.33. The zero-order chi connectivity index (χ0) is 9.26. The summed E-state index contributed by atoms with van der Waals surface area (Å²) in [6.07, 6.45) is 4.29. The summed E-state index contributed by atoms with van der Waals surface area (Å²) < 4.78 is 0. The van der Waals surface area contributed by atoms with Crippen molar-refractivity contribution in [3.8, 4) is 0 Å². The second-order valence-electron chi connectivity index (χ2n) is 4.53. The van der Waals surface area contributed by atoms with Gasteiger partial charge < -0.3 is 10.2 Å². The van der Waals surface area contributed by atoms with Crippen LogP contribution in [-0.2, 0) is 0 Å². The molecule has 2 saturated heterocycles. The van der Waals surface area contributed by atoms with Gasteiger partial charge in [0, 0.05) is 18.6 Å². The Kier molecular flexibility index (Phi) is 2.89. The molecule has 2 rings (SSSR count). The molecule has 76 valence electrons. The summed E-state index contributed by atoms with van der Waals surface area (Å²) in [5.74, 6) is 0.943. The predicted octanol–water partition coefficient (Wildman–Crippen LogP) is 1.47. The lowest BCUT2D eigenvalue weighted by Crippen LogP contribution is -2.35. The third kappa shape index (κ3) is 1.89. The summed E-state index contributed by atoms with van der Waals surface area (Å²) in [7, 11) is 0. The molecule has 2 fully saturated rings. The van der Waals surface area contributed by atoms with Crippen molar-refractivity contribution in [3.05, 3.63) is 0 Å². The van der Waals surface area contributed by atoms with Gasteiger partial charge in [-0.3, -0.25) is 0 Å². The predicted molar refractivity (Wildman–Crippen MR) is 55.8 cm³/mol. The smallest absolute Gasteiger partial charge is 0.0111 e. The molecule has 2 heteroatoms. The number of hydrogen-bond acceptors (Lipinski definition) is 2. The van der Waals surface area contributed by atoms with Gasteiger partial charge in [-0.1, -0.05) is 13.8 Å². The average molecular weight is 182 g/mol. The van der Waals surface area contributed by atoms with Crippen molar-refractivity contribution >= 4 is 0 Å². The zero-order valence-corrected chi connectivity index (χ0v) is 8.92. The standard InChI is InChI=1S/C11H22N2/c1-3-13(4-2)8-9-7-10-5-6-11(9)12-10/h9-12H,3-8H2,1-2H3. The molecule has 0 saturated carbocycles. The lowest BCUT2D eigenvalue weighted by Gasteiger charge is -2.27. The van der Waals surface area contributed by atoms with Crippen molar-refractivity contribution in [2.45, 2.75) is 45.2 Å². The van der Waals surface area contributed by atoms with Crippen molar-refractivity contribution in [2.24, 2.45) is 5.92 Å². The monoisotopic (exact) mass is 182 g/mol. The van der Waals surface area contributed by atoms with E-state index in [1.807, 2.05) is 0 Å². The fourth-order valence-electron chi connectivity index (χ4n) is 2.95. The lowest BCUT2D eigenvalue weighted by molar-refractivity contribution is 0.229. The van der Waals surface area contributed by atoms with E-state index in [0.717, 1.165) is 18.0 Å². The highest BCUT2D eigenvalue weighted by atomic mass is 15.1. The molecule has 2 bridgehead atoms. The van der Waals surface area contributed by atoms with Crippen LogP contribution >= 0.6 is 0 Å². The van der Waals surface area contributed by atoms with Crippen LogP contribution < -0.4 is 5.32 Å². The van der Waals surface area contributed by atoms with E-state index in [2.05, 4.69) is 24.1 Å². The van der Waals surface area contributed by atoms with Gasteiger partial charge in [0.25, 0.3) is 0 Å². The molecule has 2 aliphatic heterocycles. The van der Waals surface area contributed by atoms with Gasteiger partial charge in [0.1, 0.15) is 0 Å². The summed E-state index contributed by atoms with van der Waals surface area (Å²) in [6, 6.07) is 1.72. The van der Waals surface area contributed by atoms with Gasteiger partial charge in [0.05, 0.1) is 0 Å². The van der Waals surface area contributed by atoms with Crippen LogP contribution in [0.1, 0.15) is 33.1 Å². The number of rotatable bonds is 4. The van der Waals surface area contributed by atoms with Crippen LogP contribution in [0.5, 0.6) is 0 Å². The van der Waals surface area contributed by atoms with Crippen LogP contribution in [0.2, 0.25) is 0 Å². The molecule has 0 radical (unpaired) electrons. The quantitative estimate of drug-likeness (QED) is 0.708. The summed E-state index contributed by atoms with van der Waals surface area (Å²) in [5, 5.41) is 3.70. The Morgan fingerprint density at radius 1 is 1.23 bits per heavy atom. The maximum Gasteiger partial charge on any atom is 0.0111 e. The van der Waals surface area contributed by atoms with Gasteiger partial charge in [0.2, 0.25) is 0 Å². The largest absolute Gasteiger partial charge is 0.311 e. The van der Waals surface area contributed by atoms with Gasteiger partial charge >= 0.3 is 0 Å². The number of fused-ring (bicyclic) bond motifs is 2. The third-order valence-electron chi connectivity index (χ3n) is 3.82. The molecule has 0 spiro atoms. The number of nitrogens with zero attached hydrogens (tertiary/aromatic N) is 1. The van der Waals surface area contributed by atoms with Gasteiger partial charge in [-0.2, -0.15) is 0 Å². The van der Waals surface area contributed by atoms with Gasteiger partial charge in [0.15, 0.2) is 0 Å². The molecule has 0 aliphatic carbocycles. The highest BCUT2D eigenvalue weighted by molar-refractivity contribution is 4.98. The van der Waals surface area contributed by atoms with Crippen LogP contribution in [0, 0.1) is 5.92 Å². The maximum atomic E-state index is 3.70. The SMILES string of the molecule is CCN(CC)CC1CC2CCC1N2. The third-order valence-corrected chi connectivity index (χ3v) is 3.82. The van der Waals surface area contributed by atoms with Gasteiger partial charge in [-0.05, 0) is 38.3 Å². The van der Waals surface area contributed by atoms with Crippen molar-refractivity contribution in [3.63, 3.8) is 0 Å². The van der Waals surface area contributed by atoms with Crippen LogP contribution in [0.4, 0.5) is 0 Å². The summed E-state index contributed by atoms with van der Waals surface area (Å²) >= 11 is 0.